The minimum atomic E-state index is -0.745. The summed E-state index contributed by atoms with van der Waals surface area (Å²) in [6, 6.07) is 0.558. The van der Waals surface area contributed by atoms with Crippen LogP contribution in [-0.4, -0.2) is 59.0 Å². The first-order chi connectivity index (χ1) is 9.08. The van der Waals surface area contributed by atoms with Crippen molar-refractivity contribution in [3.63, 3.8) is 0 Å². The molecule has 0 aromatic rings. The van der Waals surface area contributed by atoms with Crippen LogP contribution in [0.5, 0.6) is 0 Å². The van der Waals surface area contributed by atoms with Crippen molar-refractivity contribution in [3.05, 3.63) is 0 Å². The van der Waals surface area contributed by atoms with Gasteiger partial charge in [0.05, 0.1) is 6.42 Å². The number of rotatable bonds is 10. The number of carboxylic acids is 1. The summed E-state index contributed by atoms with van der Waals surface area (Å²) in [5.41, 5.74) is 0. The van der Waals surface area contributed by atoms with Gasteiger partial charge in [0.2, 0.25) is 5.91 Å². The summed E-state index contributed by atoms with van der Waals surface area (Å²) in [5, 5.41) is 8.73. The molecule has 0 heterocycles. The van der Waals surface area contributed by atoms with Crippen molar-refractivity contribution in [2.24, 2.45) is 0 Å². The van der Waals surface area contributed by atoms with E-state index in [0.29, 0.717) is 19.0 Å². The van der Waals surface area contributed by atoms with E-state index in [-0.39, 0.29) is 12.3 Å². The second kappa shape index (κ2) is 8.15. The number of aliphatic carboxylic acids is 1. The molecule has 1 aliphatic rings. The van der Waals surface area contributed by atoms with Gasteiger partial charge in [-0.3, -0.25) is 14.5 Å². The lowest BCUT2D eigenvalue weighted by molar-refractivity contribution is -0.137. The van der Waals surface area contributed by atoms with Crippen LogP contribution in [0.1, 0.15) is 46.0 Å². The maximum absolute atomic E-state index is 11.9. The molecule has 1 rings (SSSR count). The number of hydrogen-bond donors (Lipinski definition) is 1. The Kier molecular flexibility index (Phi) is 6.84. The summed E-state index contributed by atoms with van der Waals surface area (Å²) >= 11 is 0. The van der Waals surface area contributed by atoms with E-state index in [9.17, 15) is 9.59 Å². The molecule has 0 unspecified atom stereocenters. The first kappa shape index (κ1) is 16.0. The second-order valence-corrected chi connectivity index (χ2v) is 5.08. The predicted molar refractivity (Wildman–Crippen MR) is 74.0 cm³/mol. The minimum Gasteiger partial charge on any atom is -0.481 e. The van der Waals surface area contributed by atoms with Crippen LogP contribution in [0.4, 0.5) is 0 Å². The Balaban J connectivity index is 2.24. The number of carbonyl (C=O) groups excluding carboxylic acids is 1. The highest BCUT2D eigenvalue weighted by Crippen LogP contribution is 2.27. The van der Waals surface area contributed by atoms with Crippen molar-refractivity contribution in [1.82, 2.24) is 9.80 Å². The van der Waals surface area contributed by atoms with E-state index in [1.807, 2.05) is 18.7 Å². The van der Waals surface area contributed by atoms with Crippen LogP contribution in [-0.2, 0) is 9.59 Å². The third-order valence-electron chi connectivity index (χ3n) is 3.63. The van der Waals surface area contributed by atoms with Gasteiger partial charge in [0.25, 0.3) is 0 Å². The van der Waals surface area contributed by atoms with Crippen LogP contribution in [0.25, 0.3) is 0 Å². The molecule has 0 saturated heterocycles. The summed E-state index contributed by atoms with van der Waals surface area (Å²) in [4.78, 5) is 26.5. The monoisotopic (exact) mass is 270 g/mol. The lowest BCUT2D eigenvalue weighted by Crippen LogP contribution is -2.33. The standard InChI is InChI=1S/C14H26N2O3/c1-3-15(4-2)13(17)6-5-10-16(12-7-8-12)11-9-14(18)19/h12H,3-11H2,1-2H3,(H,18,19). The van der Waals surface area contributed by atoms with Crippen LogP contribution >= 0.6 is 0 Å². The van der Waals surface area contributed by atoms with Crippen LogP contribution < -0.4 is 0 Å². The van der Waals surface area contributed by atoms with E-state index in [1.165, 1.54) is 12.8 Å². The molecule has 19 heavy (non-hydrogen) atoms. The first-order valence-corrected chi connectivity index (χ1v) is 7.32. The zero-order valence-electron chi connectivity index (χ0n) is 12.1. The van der Waals surface area contributed by atoms with Gasteiger partial charge in [-0.2, -0.15) is 0 Å². The molecule has 1 amide bonds. The van der Waals surface area contributed by atoms with E-state index in [1.54, 1.807) is 0 Å². The molecule has 0 aromatic heterocycles. The minimum absolute atomic E-state index is 0.195. The Labute approximate surface area is 115 Å². The number of amides is 1. The molecule has 110 valence electrons. The zero-order chi connectivity index (χ0) is 14.3. The summed E-state index contributed by atoms with van der Waals surface area (Å²) < 4.78 is 0. The van der Waals surface area contributed by atoms with Crippen molar-refractivity contribution in [2.75, 3.05) is 26.2 Å². The maximum Gasteiger partial charge on any atom is 0.304 e. The molecule has 1 aliphatic carbocycles. The fourth-order valence-corrected chi connectivity index (χ4v) is 2.32. The van der Waals surface area contributed by atoms with E-state index >= 15 is 0 Å². The molecule has 0 aromatic carbocycles. The number of nitrogens with zero attached hydrogens (tertiary/aromatic N) is 2. The molecule has 0 atom stereocenters. The lowest BCUT2D eigenvalue weighted by Gasteiger charge is -2.22. The normalized spacial score (nSPS) is 14.7. The number of carboxylic acid groups (broad SMARTS) is 1. The van der Waals surface area contributed by atoms with Crippen molar-refractivity contribution in [3.8, 4) is 0 Å². The van der Waals surface area contributed by atoms with Crippen molar-refractivity contribution in [1.29, 1.82) is 0 Å². The smallest absolute Gasteiger partial charge is 0.304 e. The van der Waals surface area contributed by atoms with Crippen molar-refractivity contribution >= 4 is 11.9 Å². The van der Waals surface area contributed by atoms with Crippen molar-refractivity contribution in [2.45, 2.75) is 52.0 Å². The van der Waals surface area contributed by atoms with Crippen LogP contribution in [0, 0.1) is 0 Å². The van der Waals surface area contributed by atoms with Gasteiger partial charge in [-0.15, -0.1) is 0 Å². The molecule has 5 heteroatoms. The summed E-state index contributed by atoms with van der Waals surface area (Å²) in [6.45, 7) is 6.96. The second-order valence-electron chi connectivity index (χ2n) is 5.08. The SMILES string of the molecule is CCN(CC)C(=O)CCCN(CCC(=O)O)C1CC1. The summed E-state index contributed by atoms with van der Waals surface area (Å²) in [5.74, 6) is -0.538. The quantitative estimate of drug-likeness (QED) is 0.654. The fourth-order valence-electron chi connectivity index (χ4n) is 2.32. The van der Waals surface area contributed by atoms with Gasteiger partial charge in [-0.25, -0.2) is 0 Å². The van der Waals surface area contributed by atoms with E-state index < -0.39 is 5.97 Å². The van der Waals surface area contributed by atoms with Gasteiger partial charge in [0.15, 0.2) is 0 Å². The molecule has 1 saturated carbocycles. The molecular weight excluding hydrogens is 244 g/mol. The van der Waals surface area contributed by atoms with Crippen molar-refractivity contribution < 1.29 is 14.7 Å². The van der Waals surface area contributed by atoms with Gasteiger partial charge in [0, 0.05) is 32.1 Å². The van der Waals surface area contributed by atoms with Crippen LogP contribution in [0.2, 0.25) is 0 Å². The Bertz CT molecular complexity index is 299. The highest BCUT2D eigenvalue weighted by Gasteiger charge is 2.28. The largest absolute Gasteiger partial charge is 0.481 e. The third kappa shape index (κ3) is 6.05. The van der Waals surface area contributed by atoms with Gasteiger partial charge in [-0.1, -0.05) is 0 Å². The molecule has 1 fully saturated rings. The van der Waals surface area contributed by atoms with Crippen LogP contribution in [0.3, 0.4) is 0 Å². The highest BCUT2D eigenvalue weighted by molar-refractivity contribution is 5.76. The van der Waals surface area contributed by atoms with Gasteiger partial charge in [-0.05, 0) is 39.7 Å². The Morgan fingerprint density at radius 2 is 1.74 bits per heavy atom. The van der Waals surface area contributed by atoms with E-state index in [2.05, 4.69) is 4.90 Å². The Morgan fingerprint density at radius 3 is 2.21 bits per heavy atom. The molecule has 5 nitrogen and oxygen atoms in total. The topological polar surface area (TPSA) is 60.9 Å². The van der Waals surface area contributed by atoms with Gasteiger partial charge >= 0.3 is 5.97 Å². The molecule has 0 aliphatic heterocycles. The van der Waals surface area contributed by atoms with E-state index in [4.69, 9.17) is 5.11 Å². The van der Waals surface area contributed by atoms with E-state index in [0.717, 1.165) is 26.1 Å². The summed E-state index contributed by atoms with van der Waals surface area (Å²) in [6.07, 6.45) is 3.93. The molecule has 0 radical (unpaired) electrons. The molecular formula is C14H26N2O3. The molecule has 1 N–H and O–H groups in total. The lowest BCUT2D eigenvalue weighted by atomic mass is 10.2. The number of hydrogen-bond acceptors (Lipinski definition) is 3. The third-order valence-corrected chi connectivity index (χ3v) is 3.63. The molecule has 0 bridgehead atoms. The highest BCUT2D eigenvalue weighted by atomic mass is 16.4. The average molecular weight is 270 g/mol. The zero-order valence-corrected chi connectivity index (χ0v) is 12.1. The predicted octanol–water partition coefficient (Wildman–Crippen LogP) is 1.57. The number of carbonyl (C=O) groups is 2. The molecule has 0 spiro atoms. The maximum atomic E-state index is 11.9. The fraction of sp³-hybridized carbons (Fsp3) is 0.857. The van der Waals surface area contributed by atoms with Gasteiger partial charge < -0.3 is 10.0 Å². The first-order valence-electron chi connectivity index (χ1n) is 7.32. The van der Waals surface area contributed by atoms with Gasteiger partial charge in [0.1, 0.15) is 0 Å². The Morgan fingerprint density at radius 1 is 1.11 bits per heavy atom. The average Bonchev–Trinajstić information content (AvgIpc) is 3.19. The van der Waals surface area contributed by atoms with Crippen LogP contribution in [0.15, 0.2) is 0 Å². The Hall–Kier alpha value is -1.10. The summed E-state index contributed by atoms with van der Waals surface area (Å²) in [7, 11) is 0.